The lowest BCUT2D eigenvalue weighted by Crippen LogP contribution is -2.42. The van der Waals surface area contributed by atoms with Crippen molar-refractivity contribution in [3.8, 4) is 0 Å². The summed E-state index contributed by atoms with van der Waals surface area (Å²) in [6.45, 7) is 5.13. The summed E-state index contributed by atoms with van der Waals surface area (Å²) in [5, 5.41) is 0. The molecule has 0 bridgehead atoms. The van der Waals surface area contributed by atoms with Crippen molar-refractivity contribution in [2.45, 2.75) is 26.0 Å². The molecule has 1 unspecified atom stereocenters. The van der Waals surface area contributed by atoms with Crippen molar-refractivity contribution in [1.82, 2.24) is 4.90 Å². The van der Waals surface area contributed by atoms with Crippen LogP contribution in [0.3, 0.4) is 0 Å². The van der Waals surface area contributed by atoms with E-state index in [9.17, 15) is 14.4 Å². The molecule has 0 N–H and O–H groups in total. The number of nitrogens with zero attached hydrogens (tertiary/aromatic N) is 1. The highest BCUT2D eigenvalue weighted by Gasteiger charge is 2.32. The van der Waals surface area contributed by atoms with E-state index >= 15 is 0 Å². The van der Waals surface area contributed by atoms with E-state index in [1.165, 1.54) is 0 Å². The lowest BCUT2D eigenvalue weighted by Gasteiger charge is -2.24. The minimum atomic E-state index is -0.842. The van der Waals surface area contributed by atoms with Crippen LogP contribution in [0.1, 0.15) is 19.8 Å². The van der Waals surface area contributed by atoms with E-state index in [1.807, 2.05) is 6.92 Å². The van der Waals surface area contributed by atoms with Crippen LogP contribution in [0.5, 0.6) is 0 Å². The third-order valence-electron chi connectivity index (χ3n) is 2.09. The van der Waals surface area contributed by atoms with Gasteiger partial charge in [0.05, 0.1) is 0 Å². The van der Waals surface area contributed by atoms with Gasteiger partial charge in [0.15, 0.2) is 6.23 Å². The van der Waals surface area contributed by atoms with Crippen LogP contribution < -0.4 is 0 Å². The number of rotatable bonds is 5. The van der Waals surface area contributed by atoms with Crippen molar-refractivity contribution in [1.29, 1.82) is 0 Å². The Morgan fingerprint density at radius 2 is 2.06 bits per heavy atom. The van der Waals surface area contributed by atoms with Gasteiger partial charge in [0, 0.05) is 24.6 Å². The summed E-state index contributed by atoms with van der Waals surface area (Å²) >= 11 is 0. The normalized spacial score (nSPS) is 16.4. The highest BCUT2D eigenvalue weighted by atomic mass is 16.6. The first kappa shape index (κ1) is 12.2. The molecular weight excluding hydrogens is 210 g/mol. The van der Waals surface area contributed by atoms with Gasteiger partial charge in [0.2, 0.25) is 0 Å². The van der Waals surface area contributed by atoms with E-state index in [0.717, 1.165) is 23.1 Å². The second-order valence-electron chi connectivity index (χ2n) is 3.26. The Bertz CT molecular complexity index is 341. The molecule has 5 heteroatoms. The van der Waals surface area contributed by atoms with Crippen molar-refractivity contribution in [3.63, 3.8) is 0 Å². The van der Waals surface area contributed by atoms with Crippen molar-refractivity contribution >= 4 is 17.8 Å². The monoisotopic (exact) mass is 223 g/mol. The summed E-state index contributed by atoms with van der Waals surface area (Å²) < 4.78 is 4.95. The van der Waals surface area contributed by atoms with E-state index in [0.29, 0.717) is 12.8 Å². The third kappa shape index (κ3) is 2.56. The third-order valence-corrected chi connectivity index (χ3v) is 2.09. The molecule has 1 atom stereocenters. The Morgan fingerprint density at radius 1 is 1.50 bits per heavy atom. The van der Waals surface area contributed by atoms with Crippen molar-refractivity contribution in [2.24, 2.45) is 0 Å². The fourth-order valence-corrected chi connectivity index (χ4v) is 1.37. The van der Waals surface area contributed by atoms with Gasteiger partial charge in [0.25, 0.3) is 11.8 Å². The molecule has 0 saturated heterocycles. The SMILES string of the molecule is C=CC(=O)OC(CCC)N1C(=O)C=CC1=O. The lowest BCUT2D eigenvalue weighted by atomic mass is 10.3. The van der Waals surface area contributed by atoms with Gasteiger partial charge in [-0.15, -0.1) is 0 Å². The number of hydrogen-bond donors (Lipinski definition) is 0. The molecule has 1 rings (SSSR count). The van der Waals surface area contributed by atoms with E-state index in [2.05, 4.69) is 6.58 Å². The van der Waals surface area contributed by atoms with Crippen molar-refractivity contribution in [2.75, 3.05) is 0 Å². The van der Waals surface area contributed by atoms with Crippen molar-refractivity contribution < 1.29 is 19.1 Å². The predicted molar refractivity (Wildman–Crippen MR) is 56.0 cm³/mol. The zero-order valence-electron chi connectivity index (χ0n) is 9.01. The number of ether oxygens (including phenoxy) is 1. The molecule has 2 amide bonds. The molecule has 0 aromatic carbocycles. The molecule has 1 aliphatic heterocycles. The van der Waals surface area contributed by atoms with Crippen LogP contribution in [0.15, 0.2) is 24.8 Å². The van der Waals surface area contributed by atoms with Gasteiger partial charge in [-0.25, -0.2) is 9.69 Å². The van der Waals surface area contributed by atoms with Crippen LogP contribution in [-0.2, 0) is 19.1 Å². The van der Waals surface area contributed by atoms with Crippen LogP contribution in [0.4, 0.5) is 0 Å². The van der Waals surface area contributed by atoms with Gasteiger partial charge in [-0.1, -0.05) is 19.9 Å². The highest BCUT2D eigenvalue weighted by Crippen LogP contribution is 2.15. The van der Waals surface area contributed by atoms with E-state index in [4.69, 9.17) is 4.74 Å². The second-order valence-corrected chi connectivity index (χ2v) is 3.26. The minimum absolute atomic E-state index is 0.415. The van der Waals surface area contributed by atoms with Gasteiger partial charge in [0.1, 0.15) is 0 Å². The summed E-state index contributed by atoms with van der Waals surface area (Å²) in [5.74, 6) is -1.56. The molecule has 1 heterocycles. The van der Waals surface area contributed by atoms with Crippen LogP contribution in [0.2, 0.25) is 0 Å². The molecule has 1 aliphatic rings. The first-order chi connectivity index (χ1) is 7.60. The van der Waals surface area contributed by atoms with Gasteiger partial charge in [-0.3, -0.25) is 9.59 Å². The lowest BCUT2D eigenvalue weighted by molar-refractivity contribution is -0.163. The second kappa shape index (κ2) is 5.25. The zero-order valence-corrected chi connectivity index (χ0v) is 9.01. The number of hydrogen-bond acceptors (Lipinski definition) is 4. The van der Waals surface area contributed by atoms with Crippen molar-refractivity contribution in [3.05, 3.63) is 24.8 Å². The smallest absolute Gasteiger partial charge is 0.332 e. The molecule has 86 valence electrons. The average Bonchev–Trinajstić information content (AvgIpc) is 2.58. The average molecular weight is 223 g/mol. The zero-order chi connectivity index (χ0) is 12.1. The molecule has 5 nitrogen and oxygen atoms in total. The molecule has 0 saturated carbocycles. The number of esters is 1. The van der Waals surface area contributed by atoms with E-state index in [1.54, 1.807) is 0 Å². The minimum Gasteiger partial charge on any atom is -0.438 e. The number of carbonyl (C=O) groups is 3. The van der Waals surface area contributed by atoms with Gasteiger partial charge >= 0.3 is 5.97 Å². The Kier molecular flexibility index (Phi) is 3.99. The molecule has 0 spiro atoms. The fourth-order valence-electron chi connectivity index (χ4n) is 1.37. The predicted octanol–water partition coefficient (Wildman–Crippen LogP) is 0.767. The molecular formula is C11H13NO4. The topological polar surface area (TPSA) is 63.7 Å². The Labute approximate surface area is 93.4 Å². The van der Waals surface area contributed by atoms with Crippen LogP contribution in [0.25, 0.3) is 0 Å². The maximum Gasteiger partial charge on any atom is 0.332 e. The van der Waals surface area contributed by atoms with Gasteiger partial charge < -0.3 is 4.74 Å². The maximum atomic E-state index is 11.4. The summed E-state index contributed by atoms with van der Waals surface area (Å²) in [7, 11) is 0. The Morgan fingerprint density at radius 3 is 2.50 bits per heavy atom. The van der Waals surface area contributed by atoms with E-state index in [-0.39, 0.29) is 0 Å². The Hall–Kier alpha value is -1.91. The Balaban J connectivity index is 2.77. The molecule has 0 radical (unpaired) electrons. The number of carbonyl (C=O) groups excluding carboxylic acids is 3. The molecule has 0 fully saturated rings. The summed E-state index contributed by atoms with van der Waals surface area (Å²) in [6, 6.07) is 0. The highest BCUT2D eigenvalue weighted by molar-refractivity contribution is 6.13. The first-order valence-electron chi connectivity index (χ1n) is 4.98. The maximum absolute atomic E-state index is 11.4. The first-order valence-corrected chi connectivity index (χ1v) is 4.98. The van der Waals surface area contributed by atoms with Gasteiger partial charge in [-0.05, 0) is 0 Å². The molecule has 0 aromatic heterocycles. The quantitative estimate of drug-likeness (QED) is 0.392. The summed E-state index contributed by atoms with van der Waals surface area (Å²) in [4.78, 5) is 34.7. The number of amides is 2. The standard InChI is InChI=1S/C11H13NO4/c1-3-5-10(16-11(15)4-2)12-8(13)6-7-9(12)14/h4,6-7,10H,2-3,5H2,1H3. The van der Waals surface area contributed by atoms with Gasteiger partial charge in [-0.2, -0.15) is 0 Å². The van der Waals surface area contributed by atoms with Crippen LogP contribution >= 0.6 is 0 Å². The largest absolute Gasteiger partial charge is 0.438 e. The summed E-state index contributed by atoms with van der Waals surface area (Å²) in [6.07, 6.45) is 3.58. The molecule has 0 aliphatic carbocycles. The summed E-state index contributed by atoms with van der Waals surface area (Å²) in [5.41, 5.74) is 0. The van der Waals surface area contributed by atoms with Crippen LogP contribution in [0, 0.1) is 0 Å². The van der Waals surface area contributed by atoms with E-state index < -0.39 is 24.0 Å². The molecule has 0 aromatic rings. The number of imide groups is 1. The fraction of sp³-hybridized carbons (Fsp3) is 0.364. The molecule has 16 heavy (non-hydrogen) atoms. The van der Waals surface area contributed by atoms with Crippen LogP contribution in [-0.4, -0.2) is 28.9 Å².